The van der Waals surface area contributed by atoms with Crippen molar-refractivity contribution in [1.29, 1.82) is 5.26 Å². The Morgan fingerprint density at radius 2 is 1.92 bits per heavy atom. The average Bonchev–Trinajstić information content (AvgIpc) is 3.34. The predicted octanol–water partition coefficient (Wildman–Crippen LogP) is 3.35. The number of esters is 1. The maximum Gasteiger partial charge on any atom is 0.328 e. The van der Waals surface area contributed by atoms with Gasteiger partial charge in [0, 0.05) is 10.9 Å². The van der Waals surface area contributed by atoms with Crippen molar-refractivity contribution in [1.82, 2.24) is 0 Å². The molecule has 1 saturated carbocycles. The molecule has 0 bridgehead atoms. The van der Waals surface area contributed by atoms with Crippen LogP contribution >= 0.6 is 11.6 Å². The Kier molecular flexibility index (Phi) is 4.78. The lowest BCUT2D eigenvalue weighted by atomic mass is 10.0. The van der Waals surface area contributed by atoms with Crippen LogP contribution in [0.2, 0.25) is 5.02 Å². The van der Waals surface area contributed by atoms with Crippen LogP contribution in [0.4, 0.5) is 0 Å². The summed E-state index contributed by atoms with van der Waals surface area (Å²) >= 11 is 6.02. The Morgan fingerprint density at radius 3 is 2.50 bits per heavy atom. The van der Waals surface area contributed by atoms with Crippen LogP contribution in [0.5, 0.6) is 0 Å². The average molecular weight is 390 g/mol. The summed E-state index contributed by atoms with van der Waals surface area (Å²) < 4.78 is 31.4. The summed E-state index contributed by atoms with van der Waals surface area (Å²) in [5.74, 6) is -1.66. The molecule has 26 heavy (non-hydrogen) atoms. The Bertz CT molecular complexity index is 984. The number of benzene rings is 2. The van der Waals surface area contributed by atoms with Crippen molar-refractivity contribution in [3.05, 3.63) is 65.2 Å². The maximum atomic E-state index is 13.2. The van der Waals surface area contributed by atoms with E-state index in [4.69, 9.17) is 16.3 Å². The van der Waals surface area contributed by atoms with Crippen molar-refractivity contribution in [2.24, 2.45) is 5.41 Å². The highest BCUT2D eigenvalue weighted by molar-refractivity contribution is 7.92. The van der Waals surface area contributed by atoms with E-state index in [-0.39, 0.29) is 11.5 Å². The molecule has 5 nitrogen and oxygen atoms in total. The Balaban J connectivity index is 2.15. The van der Waals surface area contributed by atoms with Crippen molar-refractivity contribution in [3.63, 3.8) is 0 Å². The third-order valence-corrected chi connectivity index (χ3v) is 7.02. The van der Waals surface area contributed by atoms with E-state index in [0.29, 0.717) is 10.6 Å². The number of carbonyl (C=O) groups is 1. The first-order valence-corrected chi connectivity index (χ1v) is 9.95. The van der Waals surface area contributed by atoms with Gasteiger partial charge in [0.05, 0.1) is 17.6 Å². The van der Waals surface area contributed by atoms with Gasteiger partial charge in [0.1, 0.15) is 5.25 Å². The van der Waals surface area contributed by atoms with E-state index in [2.05, 4.69) is 0 Å². The number of sulfone groups is 1. The van der Waals surface area contributed by atoms with Crippen LogP contribution in [0.3, 0.4) is 0 Å². The van der Waals surface area contributed by atoms with Gasteiger partial charge in [-0.2, -0.15) is 5.26 Å². The molecule has 0 N–H and O–H groups in total. The minimum atomic E-state index is -3.93. The molecule has 3 atom stereocenters. The second-order valence-corrected chi connectivity index (χ2v) is 8.52. The number of carbonyl (C=O) groups excluding carboxylic acids is 1. The molecule has 0 saturated heterocycles. The van der Waals surface area contributed by atoms with E-state index < -0.39 is 32.4 Å². The molecule has 134 valence electrons. The van der Waals surface area contributed by atoms with E-state index >= 15 is 0 Å². The first-order chi connectivity index (χ1) is 12.4. The highest BCUT2D eigenvalue weighted by Crippen LogP contribution is 2.64. The number of ether oxygens (including phenoxy) is 1. The van der Waals surface area contributed by atoms with Gasteiger partial charge >= 0.3 is 5.97 Å². The van der Waals surface area contributed by atoms with Crippen LogP contribution in [-0.4, -0.2) is 26.2 Å². The predicted molar refractivity (Wildman–Crippen MR) is 96.3 cm³/mol. The molecule has 3 rings (SSSR count). The molecule has 0 aromatic heterocycles. The van der Waals surface area contributed by atoms with Gasteiger partial charge in [0.2, 0.25) is 0 Å². The molecular weight excluding hydrogens is 374 g/mol. The fourth-order valence-corrected chi connectivity index (χ4v) is 5.81. The molecule has 0 amide bonds. The number of nitriles is 1. The van der Waals surface area contributed by atoms with Gasteiger partial charge in [-0.15, -0.1) is 0 Å². The lowest BCUT2D eigenvalue weighted by molar-refractivity contribution is -0.147. The molecule has 0 radical (unpaired) electrons. The molecule has 7 heteroatoms. The molecule has 2 aromatic rings. The zero-order valence-corrected chi connectivity index (χ0v) is 15.5. The highest BCUT2D eigenvalue weighted by atomic mass is 35.5. The SMILES string of the molecule is CCOC(=O)[C@]1(C#N)[C@H](c2cccc(Cl)c2)[C@H]1S(=O)(=O)c1ccccc1. The van der Waals surface area contributed by atoms with Crippen LogP contribution in [0.1, 0.15) is 18.4 Å². The summed E-state index contributed by atoms with van der Waals surface area (Å²) in [6.45, 7) is 1.67. The second kappa shape index (κ2) is 6.75. The molecule has 0 heterocycles. The quantitative estimate of drug-likeness (QED) is 0.732. The fraction of sp³-hybridized carbons (Fsp3) is 0.263. The van der Waals surface area contributed by atoms with Crippen LogP contribution < -0.4 is 0 Å². The van der Waals surface area contributed by atoms with Crippen molar-refractivity contribution < 1.29 is 17.9 Å². The normalized spacial score (nSPS) is 24.5. The Labute approximate surface area is 157 Å². The van der Waals surface area contributed by atoms with Crippen molar-refractivity contribution >= 4 is 27.4 Å². The first kappa shape index (κ1) is 18.4. The summed E-state index contributed by atoms with van der Waals surface area (Å²) in [4.78, 5) is 12.6. The molecule has 0 spiro atoms. The van der Waals surface area contributed by atoms with Crippen LogP contribution in [-0.2, 0) is 19.4 Å². The van der Waals surface area contributed by atoms with Gasteiger partial charge in [-0.25, -0.2) is 8.42 Å². The fourth-order valence-electron chi connectivity index (χ4n) is 3.35. The molecule has 0 unspecified atom stereocenters. The van der Waals surface area contributed by atoms with E-state index in [1.54, 1.807) is 49.4 Å². The highest BCUT2D eigenvalue weighted by Gasteiger charge is 2.77. The monoisotopic (exact) mass is 389 g/mol. The number of hydrogen-bond donors (Lipinski definition) is 0. The smallest absolute Gasteiger partial charge is 0.328 e. The minimum absolute atomic E-state index is 0.0582. The van der Waals surface area contributed by atoms with Gasteiger partial charge in [-0.05, 0) is 36.8 Å². The van der Waals surface area contributed by atoms with E-state index in [1.807, 2.05) is 6.07 Å². The Hall–Kier alpha value is -2.36. The summed E-state index contributed by atoms with van der Waals surface area (Å²) in [6.07, 6.45) is 0. The lowest BCUT2D eigenvalue weighted by Crippen LogP contribution is -2.25. The molecular formula is C19H16ClNO4S. The summed E-state index contributed by atoms with van der Waals surface area (Å²) in [5.41, 5.74) is -1.26. The molecule has 1 aliphatic carbocycles. The van der Waals surface area contributed by atoms with E-state index in [9.17, 15) is 18.5 Å². The third-order valence-electron chi connectivity index (χ3n) is 4.55. The standard InChI is InChI=1S/C19H16ClNO4S/c1-2-25-18(22)19(12-21)16(13-7-6-8-14(20)11-13)17(19)26(23,24)15-9-4-3-5-10-15/h3-11,16-17H,2H2,1H3/t16-,17-,19-/m1/s1. The van der Waals surface area contributed by atoms with Crippen molar-refractivity contribution in [2.45, 2.75) is 23.0 Å². The first-order valence-electron chi connectivity index (χ1n) is 8.02. The molecule has 1 fully saturated rings. The molecule has 2 aromatic carbocycles. The van der Waals surface area contributed by atoms with Crippen molar-refractivity contribution in [2.75, 3.05) is 6.61 Å². The summed E-state index contributed by atoms with van der Waals surface area (Å²) in [5, 5.41) is 8.97. The minimum Gasteiger partial charge on any atom is -0.465 e. The number of rotatable bonds is 5. The third kappa shape index (κ3) is 2.77. The Morgan fingerprint density at radius 1 is 1.23 bits per heavy atom. The molecule has 1 aliphatic rings. The van der Waals surface area contributed by atoms with E-state index in [0.717, 1.165) is 0 Å². The van der Waals surface area contributed by atoms with Gasteiger partial charge in [-0.1, -0.05) is 41.9 Å². The lowest BCUT2D eigenvalue weighted by Gasteiger charge is -2.09. The second-order valence-electron chi connectivity index (χ2n) is 6.01. The van der Waals surface area contributed by atoms with Gasteiger partial charge in [0.25, 0.3) is 0 Å². The van der Waals surface area contributed by atoms with E-state index in [1.165, 1.54) is 12.1 Å². The summed E-state index contributed by atoms with van der Waals surface area (Å²) in [6, 6.07) is 16.3. The maximum absolute atomic E-state index is 13.2. The van der Waals surface area contributed by atoms with Crippen LogP contribution in [0, 0.1) is 16.7 Å². The van der Waals surface area contributed by atoms with Gasteiger partial charge < -0.3 is 4.74 Å². The zero-order chi connectivity index (χ0) is 18.9. The van der Waals surface area contributed by atoms with Crippen LogP contribution in [0.15, 0.2) is 59.5 Å². The van der Waals surface area contributed by atoms with Crippen molar-refractivity contribution in [3.8, 4) is 6.07 Å². The topological polar surface area (TPSA) is 84.2 Å². The largest absolute Gasteiger partial charge is 0.465 e. The number of halogens is 1. The molecule has 0 aliphatic heterocycles. The summed E-state index contributed by atoms with van der Waals surface area (Å²) in [7, 11) is -3.93. The number of nitrogens with zero attached hydrogens (tertiary/aromatic N) is 1. The van der Waals surface area contributed by atoms with Gasteiger partial charge in [0.15, 0.2) is 15.3 Å². The zero-order valence-electron chi connectivity index (χ0n) is 13.9. The number of hydrogen-bond acceptors (Lipinski definition) is 5. The van der Waals surface area contributed by atoms with Crippen LogP contribution in [0.25, 0.3) is 0 Å². The van der Waals surface area contributed by atoms with Gasteiger partial charge in [-0.3, -0.25) is 4.79 Å².